The molecule has 1 N–H and O–H groups in total. The van der Waals surface area contributed by atoms with Crippen molar-refractivity contribution in [2.24, 2.45) is 0 Å². The quantitative estimate of drug-likeness (QED) is 0.326. The zero-order valence-corrected chi connectivity index (χ0v) is 21.6. The van der Waals surface area contributed by atoms with E-state index in [-0.39, 0.29) is 18.2 Å². The topological polar surface area (TPSA) is 96.4 Å². The number of carbonyl (C=O) groups excluding carboxylic acids is 3. The van der Waals surface area contributed by atoms with Gasteiger partial charge in [0, 0.05) is 18.5 Å². The van der Waals surface area contributed by atoms with E-state index < -0.39 is 34.0 Å². The molecule has 190 valence electrons. The largest absolute Gasteiger partial charge is 0.473 e. The molecule has 10 heteroatoms. The maximum atomic E-state index is 14.2. The number of rotatable bonds is 7. The van der Waals surface area contributed by atoms with E-state index in [4.69, 9.17) is 9.47 Å². The van der Waals surface area contributed by atoms with Crippen LogP contribution in [-0.4, -0.2) is 55.8 Å². The number of hydrogen-bond donors (Lipinski definition) is 1. The van der Waals surface area contributed by atoms with Crippen molar-refractivity contribution in [2.45, 2.75) is 79.9 Å². The van der Waals surface area contributed by atoms with Gasteiger partial charge in [0.1, 0.15) is 6.10 Å². The minimum Gasteiger partial charge on any atom is -0.473 e. The predicted octanol–water partition coefficient (Wildman–Crippen LogP) is 3.65. The Morgan fingerprint density at radius 2 is 2.00 bits per heavy atom. The van der Waals surface area contributed by atoms with Crippen molar-refractivity contribution in [1.82, 2.24) is 4.90 Å². The first-order chi connectivity index (χ1) is 17.4. The normalized spacial score (nSPS) is 32.2. The number of aliphatic hydroxyl groups is 1. The molecule has 0 aromatic heterocycles. The van der Waals surface area contributed by atoms with E-state index in [1.165, 1.54) is 27.8 Å². The monoisotopic (exact) mass is 528 g/mol. The second-order valence-corrected chi connectivity index (χ2v) is 12.6. The van der Waals surface area contributed by atoms with Gasteiger partial charge in [-0.3, -0.25) is 19.3 Å². The van der Waals surface area contributed by atoms with Crippen molar-refractivity contribution in [2.75, 3.05) is 4.90 Å². The van der Waals surface area contributed by atoms with Crippen LogP contribution in [0.4, 0.5) is 5.69 Å². The number of hydrogen-bond acceptors (Lipinski definition) is 8. The number of unbranched alkanes of at least 4 members (excludes halogenated alkanes) is 2. The van der Waals surface area contributed by atoms with Gasteiger partial charge in [-0.15, -0.1) is 0 Å². The molecule has 6 heterocycles. The molecule has 8 nitrogen and oxygen atoms in total. The molecular weight excluding hydrogens is 500 g/mol. The Labute approximate surface area is 217 Å². The van der Waals surface area contributed by atoms with E-state index in [0.717, 1.165) is 36.1 Å². The van der Waals surface area contributed by atoms with Crippen molar-refractivity contribution >= 4 is 45.1 Å². The van der Waals surface area contributed by atoms with Crippen LogP contribution in [0.2, 0.25) is 0 Å². The second kappa shape index (κ2) is 8.85. The van der Waals surface area contributed by atoms with Crippen molar-refractivity contribution in [3.05, 3.63) is 54.0 Å². The molecule has 2 bridgehead atoms. The van der Waals surface area contributed by atoms with Gasteiger partial charge in [-0.25, -0.2) is 0 Å². The van der Waals surface area contributed by atoms with Crippen LogP contribution in [0.25, 0.3) is 0 Å². The van der Waals surface area contributed by atoms with Crippen molar-refractivity contribution < 1.29 is 29.0 Å². The fourth-order valence-electron chi connectivity index (χ4n) is 5.94. The highest BCUT2D eigenvalue weighted by Gasteiger charge is 2.76. The summed E-state index contributed by atoms with van der Waals surface area (Å²) in [6.45, 7) is 2.08. The first kappa shape index (κ1) is 23.9. The minimum absolute atomic E-state index is 0.115. The SMILES string of the molecule is CCCCCC(O)CC(=O)OC1C=COC=C2CC34SSC5(Cc6ccccc6N5C3=O)C(=O)N4C21. The van der Waals surface area contributed by atoms with Crippen LogP contribution in [-0.2, 0) is 30.3 Å². The van der Waals surface area contributed by atoms with E-state index in [1.807, 2.05) is 24.3 Å². The number of fused-ring (bicyclic) bond motifs is 3. The standard InChI is InChI=1S/C26H28N2O6S2/c1-2-3-4-8-18(29)12-21(30)34-20-10-11-33-15-17-14-26-23(31)27-19-9-6-5-7-16(19)13-25(27,35-36-26)24(32)28(26)22(17)20/h5-7,9-11,15,18,20,22,29H,2-4,8,12-14H2,1H3. The highest BCUT2D eigenvalue weighted by Crippen LogP contribution is 2.68. The molecule has 1 aromatic rings. The van der Waals surface area contributed by atoms with Crippen LogP contribution in [0.1, 0.15) is 51.0 Å². The average molecular weight is 529 g/mol. The summed E-state index contributed by atoms with van der Waals surface area (Å²) in [5, 5.41) is 10.3. The summed E-state index contributed by atoms with van der Waals surface area (Å²) in [4.78, 5) is 42.3. The third-order valence-electron chi connectivity index (χ3n) is 7.61. The zero-order valence-electron chi connectivity index (χ0n) is 19.9. The fourth-order valence-corrected chi connectivity index (χ4v) is 9.59. The van der Waals surface area contributed by atoms with Crippen LogP contribution in [0.15, 0.2) is 48.4 Å². The van der Waals surface area contributed by atoms with E-state index >= 15 is 0 Å². The van der Waals surface area contributed by atoms with Crippen LogP contribution in [0, 0.1) is 0 Å². The molecule has 1 aromatic carbocycles. The van der Waals surface area contributed by atoms with E-state index in [0.29, 0.717) is 19.3 Å². The Balaban J connectivity index is 1.29. The molecule has 2 amide bonds. The summed E-state index contributed by atoms with van der Waals surface area (Å²) >= 11 is 0. The molecule has 36 heavy (non-hydrogen) atoms. The van der Waals surface area contributed by atoms with Crippen molar-refractivity contribution in [3.63, 3.8) is 0 Å². The molecule has 4 fully saturated rings. The van der Waals surface area contributed by atoms with Gasteiger partial charge in [-0.05, 0) is 29.7 Å². The summed E-state index contributed by atoms with van der Waals surface area (Å²) in [5.41, 5.74) is 2.51. The number of piperazine rings is 1. The number of para-hydroxylation sites is 1. The average Bonchev–Trinajstić information content (AvgIpc) is 3.31. The van der Waals surface area contributed by atoms with Gasteiger partial charge in [0.25, 0.3) is 11.8 Å². The van der Waals surface area contributed by atoms with Gasteiger partial charge in [-0.2, -0.15) is 0 Å². The van der Waals surface area contributed by atoms with E-state index in [2.05, 4.69) is 6.92 Å². The van der Waals surface area contributed by atoms with E-state index in [1.54, 1.807) is 22.1 Å². The molecular formula is C26H28N2O6S2. The third-order valence-corrected chi connectivity index (χ3v) is 11.2. The molecule has 6 aliphatic rings. The van der Waals surface area contributed by atoms with Gasteiger partial charge < -0.3 is 19.5 Å². The molecule has 0 radical (unpaired) electrons. The smallest absolute Gasteiger partial charge is 0.309 e. The minimum atomic E-state index is -1.13. The summed E-state index contributed by atoms with van der Waals surface area (Å²) in [6.07, 6.45) is 7.07. The molecule has 7 rings (SSSR count). The lowest BCUT2D eigenvalue weighted by Gasteiger charge is -2.57. The molecule has 0 aliphatic carbocycles. The molecule has 5 atom stereocenters. The third kappa shape index (κ3) is 3.37. The van der Waals surface area contributed by atoms with Crippen LogP contribution >= 0.6 is 21.6 Å². The Morgan fingerprint density at radius 1 is 1.19 bits per heavy atom. The Kier molecular flexibility index (Phi) is 5.88. The molecule has 0 saturated carbocycles. The highest BCUT2D eigenvalue weighted by molar-refractivity contribution is 8.78. The summed E-state index contributed by atoms with van der Waals surface area (Å²) in [7, 11) is 2.88. The number of anilines is 1. The molecule has 2 spiro atoms. The number of ether oxygens (including phenoxy) is 2. The summed E-state index contributed by atoms with van der Waals surface area (Å²) in [5.74, 6) is -0.802. The first-order valence-electron chi connectivity index (χ1n) is 12.4. The number of carbonyl (C=O) groups is 3. The maximum absolute atomic E-state index is 14.2. The summed E-state index contributed by atoms with van der Waals surface area (Å²) in [6, 6.07) is 7.03. The fraction of sp³-hybridized carbons (Fsp3) is 0.500. The molecule has 5 unspecified atom stereocenters. The van der Waals surface area contributed by atoms with Crippen LogP contribution in [0.3, 0.4) is 0 Å². The molecule has 4 saturated heterocycles. The summed E-state index contributed by atoms with van der Waals surface area (Å²) < 4.78 is 11.4. The van der Waals surface area contributed by atoms with Gasteiger partial charge in [0.05, 0.1) is 31.1 Å². The Hall–Kier alpha value is -2.43. The van der Waals surface area contributed by atoms with E-state index in [9.17, 15) is 19.5 Å². The Bertz CT molecular complexity index is 1190. The Morgan fingerprint density at radius 3 is 2.83 bits per heavy atom. The first-order valence-corrected chi connectivity index (χ1v) is 14.6. The highest BCUT2D eigenvalue weighted by atomic mass is 33.1. The van der Waals surface area contributed by atoms with Gasteiger partial charge in [0.2, 0.25) is 0 Å². The second-order valence-electron chi connectivity index (χ2n) is 9.94. The van der Waals surface area contributed by atoms with Crippen molar-refractivity contribution in [3.8, 4) is 0 Å². The zero-order chi connectivity index (χ0) is 25.1. The number of benzene rings is 1. The number of amides is 2. The lowest BCUT2D eigenvalue weighted by Crippen LogP contribution is -2.76. The number of nitrogens with zero attached hydrogens (tertiary/aromatic N) is 2. The van der Waals surface area contributed by atoms with Crippen LogP contribution < -0.4 is 4.90 Å². The van der Waals surface area contributed by atoms with Crippen LogP contribution in [0.5, 0.6) is 0 Å². The lowest BCUT2D eigenvalue weighted by molar-refractivity contribution is -0.158. The van der Waals surface area contributed by atoms with Gasteiger partial charge in [-0.1, -0.05) is 66.0 Å². The number of esters is 1. The lowest BCUT2D eigenvalue weighted by atomic mass is 10.0. The predicted molar refractivity (Wildman–Crippen MR) is 136 cm³/mol. The van der Waals surface area contributed by atoms with Gasteiger partial charge >= 0.3 is 5.97 Å². The maximum Gasteiger partial charge on any atom is 0.309 e. The van der Waals surface area contributed by atoms with Crippen molar-refractivity contribution in [1.29, 1.82) is 0 Å². The molecule has 6 aliphatic heterocycles. The van der Waals surface area contributed by atoms with Gasteiger partial charge in [0.15, 0.2) is 9.74 Å². The number of aliphatic hydroxyl groups excluding tert-OH is 1.